The standard InChI is InChI=1S/C17H13BrN4O4/c1-9-6-12-14(17(24)21(2)15(12)13(18)7-9)19-20-16(23)10-4-3-5-11(8-10)22(25)26/h3-8,24H,1-2H3. The van der Waals surface area contributed by atoms with Crippen LogP contribution in [0.15, 0.2) is 51.1 Å². The highest BCUT2D eigenvalue weighted by molar-refractivity contribution is 9.10. The lowest BCUT2D eigenvalue weighted by Crippen LogP contribution is -1.95. The first-order valence-electron chi connectivity index (χ1n) is 7.47. The third kappa shape index (κ3) is 3.08. The number of amides is 1. The molecule has 0 aliphatic rings. The first-order chi connectivity index (χ1) is 12.3. The highest BCUT2D eigenvalue weighted by Gasteiger charge is 2.18. The smallest absolute Gasteiger partial charge is 0.295 e. The number of nitro benzene ring substituents is 1. The van der Waals surface area contributed by atoms with Crippen LogP contribution in [0.4, 0.5) is 11.4 Å². The number of hydrogen-bond donors (Lipinski definition) is 1. The van der Waals surface area contributed by atoms with Crippen LogP contribution in [0, 0.1) is 17.0 Å². The van der Waals surface area contributed by atoms with Crippen LogP contribution >= 0.6 is 15.9 Å². The lowest BCUT2D eigenvalue weighted by atomic mass is 10.1. The number of halogens is 1. The SMILES string of the molecule is Cc1cc(Br)c2c(c1)c(N=NC(=O)c1cccc([N+](=O)[O-])c1)c(O)n2C. The van der Waals surface area contributed by atoms with E-state index < -0.39 is 10.8 Å². The summed E-state index contributed by atoms with van der Waals surface area (Å²) >= 11 is 3.45. The van der Waals surface area contributed by atoms with E-state index in [0.29, 0.717) is 10.9 Å². The average Bonchev–Trinajstić information content (AvgIpc) is 2.83. The van der Waals surface area contributed by atoms with E-state index in [-0.39, 0.29) is 22.8 Å². The van der Waals surface area contributed by atoms with Gasteiger partial charge in [0.2, 0.25) is 5.88 Å². The molecule has 0 aliphatic heterocycles. The number of non-ortho nitro benzene ring substituents is 1. The first-order valence-corrected chi connectivity index (χ1v) is 8.27. The summed E-state index contributed by atoms with van der Waals surface area (Å²) in [6, 6.07) is 8.95. The molecule has 0 saturated heterocycles. The molecule has 3 rings (SSSR count). The Hall–Kier alpha value is -3.07. The number of benzene rings is 2. The van der Waals surface area contributed by atoms with Gasteiger partial charge >= 0.3 is 0 Å². The van der Waals surface area contributed by atoms with Crippen LogP contribution in [0.3, 0.4) is 0 Å². The Labute approximate surface area is 156 Å². The first kappa shape index (κ1) is 17.7. The molecule has 1 amide bonds. The van der Waals surface area contributed by atoms with Crippen molar-refractivity contribution in [3.63, 3.8) is 0 Å². The summed E-state index contributed by atoms with van der Waals surface area (Å²) < 4.78 is 2.31. The van der Waals surface area contributed by atoms with Gasteiger partial charge in [-0.15, -0.1) is 10.2 Å². The van der Waals surface area contributed by atoms with E-state index in [1.54, 1.807) is 7.05 Å². The highest BCUT2D eigenvalue weighted by atomic mass is 79.9. The summed E-state index contributed by atoms with van der Waals surface area (Å²) in [6.45, 7) is 1.89. The summed E-state index contributed by atoms with van der Waals surface area (Å²) in [5, 5.41) is 29.3. The number of fused-ring (bicyclic) bond motifs is 1. The number of rotatable bonds is 3. The van der Waals surface area contributed by atoms with Crippen LogP contribution in [0.5, 0.6) is 5.88 Å². The lowest BCUT2D eigenvalue weighted by Gasteiger charge is -2.01. The Morgan fingerprint density at radius 1 is 1.31 bits per heavy atom. The van der Waals surface area contributed by atoms with E-state index in [1.807, 2.05) is 19.1 Å². The molecule has 1 N–H and O–H groups in total. The van der Waals surface area contributed by atoms with Crippen molar-refractivity contribution in [1.82, 2.24) is 4.57 Å². The van der Waals surface area contributed by atoms with Crippen molar-refractivity contribution in [2.45, 2.75) is 6.92 Å². The maximum Gasteiger partial charge on any atom is 0.295 e. The van der Waals surface area contributed by atoms with Crippen molar-refractivity contribution in [2.75, 3.05) is 0 Å². The zero-order valence-electron chi connectivity index (χ0n) is 13.8. The molecule has 1 heterocycles. The molecule has 1 aromatic heterocycles. The molecular formula is C17H13BrN4O4. The number of hydrogen-bond acceptors (Lipinski definition) is 5. The number of azo groups is 1. The van der Waals surface area contributed by atoms with Crippen molar-refractivity contribution in [2.24, 2.45) is 17.3 Å². The molecule has 8 nitrogen and oxygen atoms in total. The van der Waals surface area contributed by atoms with E-state index >= 15 is 0 Å². The fourth-order valence-electron chi connectivity index (χ4n) is 2.65. The van der Waals surface area contributed by atoms with Gasteiger partial charge in [-0.1, -0.05) is 6.07 Å². The summed E-state index contributed by atoms with van der Waals surface area (Å²) in [5.74, 6) is -0.876. The van der Waals surface area contributed by atoms with Gasteiger partial charge in [0.15, 0.2) is 5.69 Å². The minimum Gasteiger partial charge on any atom is -0.493 e. The van der Waals surface area contributed by atoms with Gasteiger partial charge in [0.05, 0.1) is 16.0 Å². The van der Waals surface area contributed by atoms with Crippen LogP contribution in [-0.4, -0.2) is 20.5 Å². The molecule has 0 atom stereocenters. The molecular weight excluding hydrogens is 404 g/mol. The number of carbonyl (C=O) groups excluding carboxylic acids is 1. The van der Waals surface area contributed by atoms with Crippen LogP contribution in [0.2, 0.25) is 0 Å². The Bertz CT molecular complexity index is 1090. The summed E-state index contributed by atoms with van der Waals surface area (Å²) in [5.41, 5.74) is 1.64. The summed E-state index contributed by atoms with van der Waals surface area (Å²) in [6.07, 6.45) is 0. The molecule has 0 unspecified atom stereocenters. The normalized spacial score (nSPS) is 11.3. The van der Waals surface area contributed by atoms with Crippen molar-refractivity contribution in [1.29, 1.82) is 0 Å². The molecule has 3 aromatic rings. The van der Waals surface area contributed by atoms with E-state index in [4.69, 9.17) is 0 Å². The van der Waals surface area contributed by atoms with E-state index in [1.165, 1.54) is 22.8 Å². The second kappa shape index (κ2) is 6.68. The molecule has 2 aromatic carbocycles. The van der Waals surface area contributed by atoms with Crippen molar-refractivity contribution < 1.29 is 14.8 Å². The van der Waals surface area contributed by atoms with Gasteiger partial charge in [-0.3, -0.25) is 14.9 Å². The van der Waals surface area contributed by atoms with Crippen molar-refractivity contribution in [3.8, 4) is 5.88 Å². The van der Waals surface area contributed by atoms with E-state index in [9.17, 15) is 20.0 Å². The van der Waals surface area contributed by atoms with E-state index in [0.717, 1.165) is 16.1 Å². The second-order valence-corrected chi connectivity index (χ2v) is 6.54. The average molecular weight is 417 g/mol. The van der Waals surface area contributed by atoms with Crippen LogP contribution in [0.25, 0.3) is 10.9 Å². The molecule has 0 saturated carbocycles. The number of carbonyl (C=O) groups is 1. The number of aromatic hydroxyl groups is 1. The molecule has 26 heavy (non-hydrogen) atoms. The fraction of sp³-hybridized carbons (Fsp3) is 0.118. The zero-order chi connectivity index (χ0) is 19.0. The molecule has 9 heteroatoms. The third-order valence-electron chi connectivity index (χ3n) is 3.87. The lowest BCUT2D eigenvalue weighted by molar-refractivity contribution is -0.384. The van der Waals surface area contributed by atoms with Gasteiger partial charge in [0, 0.05) is 29.0 Å². The fourth-order valence-corrected chi connectivity index (χ4v) is 3.49. The van der Waals surface area contributed by atoms with Crippen molar-refractivity contribution >= 4 is 44.1 Å². The van der Waals surface area contributed by atoms with Crippen LogP contribution < -0.4 is 0 Å². The summed E-state index contributed by atoms with van der Waals surface area (Å²) in [4.78, 5) is 22.4. The number of aryl methyl sites for hydroxylation is 2. The van der Waals surface area contributed by atoms with Gasteiger partial charge in [0.1, 0.15) is 0 Å². The van der Waals surface area contributed by atoms with Gasteiger partial charge in [-0.05, 0) is 46.6 Å². The maximum absolute atomic E-state index is 12.2. The van der Waals surface area contributed by atoms with Crippen molar-refractivity contribution in [3.05, 3.63) is 62.1 Å². The molecule has 0 bridgehead atoms. The highest BCUT2D eigenvalue weighted by Crippen LogP contribution is 2.41. The minimum absolute atomic E-state index is 0.0417. The van der Waals surface area contributed by atoms with Gasteiger partial charge in [0.25, 0.3) is 11.6 Å². The second-order valence-electron chi connectivity index (χ2n) is 5.69. The maximum atomic E-state index is 12.2. The Morgan fingerprint density at radius 2 is 2.04 bits per heavy atom. The zero-order valence-corrected chi connectivity index (χ0v) is 15.4. The monoisotopic (exact) mass is 416 g/mol. The van der Waals surface area contributed by atoms with Gasteiger partial charge in [-0.25, -0.2) is 0 Å². The number of nitro groups is 1. The van der Waals surface area contributed by atoms with Gasteiger partial charge < -0.3 is 9.67 Å². The van der Waals surface area contributed by atoms with Gasteiger partial charge in [-0.2, -0.15) is 0 Å². The predicted molar refractivity (Wildman–Crippen MR) is 99.0 cm³/mol. The molecule has 0 spiro atoms. The number of nitrogens with zero attached hydrogens (tertiary/aromatic N) is 4. The molecule has 0 radical (unpaired) electrons. The summed E-state index contributed by atoms with van der Waals surface area (Å²) in [7, 11) is 1.67. The minimum atomic E-state index is -0.739. The van der Waals surface area contributed by atoms with E-state index in [2.05, 4.69) is 26.2 Å². The Balaban J connectivity index is 2.04. The third-order valence-corrected chi connectivity index (χ3v) is 4.48. The molecule has 132 valence electrons. The quantitative estimate of drug-likeness (QED) is 0.375. The molecule has 0 aliphatic carbocycles. The Morgan fingerprint density at radius 3 is 2.73 bits per heavy atom. The van der Waals surface area contributed by atoms with Crippen LogP contribution in [-0.2, 0) is 7.05 Å². The van der Waals surface area contributed by atoms with Crippen LogP contribution in [0.1, 0.15) is 15.9 Å². The largest absolute Gasteiger partial charge is 0.493 e. The predicted octanol–water partition coefficient (Wildman–Crippen LogP) is 4.79. The molecule has 0 fully saturated rings. The topological polar surface area (TPSA) is 110 Å². The Kier molecular flexibility index (Phi) is 4.56. The number of aromatic nitrogens is 1.